The molecular weight excluding hydrogens is 228 g/mol. The van der Waals surface area contributed by atoms with Gasteiger partial charge in [-0.3, -0.25) is 9.69 Å². The van der Waals surface area contributed by atoms with E-state index in [1.165, 1.54) is 20.0 Å². The Hall–Kier alpha value is -0.320. The predicted octanol–water partition coefficient (Wildman–Crippen LogP) is 0.798. The van der Waals surface area contributed by atoms with Crippen molar-refractivity contribution in [2.24, 2.45) is 0 Å². The number of carbonyl (C=O) groups is 1. The van der Waals surface area contributed by atoms with E-state index >= 15 is 0 Å². The molecule has 2 rings (SSSR count). The Bertz CT molecular complexity index is 228. The van der Waals surface area contributed by atoms with Crippen LogP contribution in [0.3, 0.4) is 0 Å². The van der Waals surface area contributed by atoms with Crippen LogP contribution in [0.5, 0.6) is 0 Å². The second-order valence-corrected chi connectivity index (χ2v) is 4.46. The van der Waals surface area contributed by atoms with E-state index in [1.54, 1.807) is 0 Å². The molecule has 1 aliphatic heterocycles. The zero-order chi connectivity index (χ0) is 10.7. The van der Waals surface area contributed by atoms with Gasteiger partial charge in [0.25, 0.3) is 0 Å². The summed E-state index contributed by atoms with van der Waals surface area (Å²) in [6.45, 7) is 2.63. The van der Waals surface area contributed by atoms with Gasteiger partial charge in [-0.2, -0.15) is 0 Å². The summed E-state index contributed by atoms with van der Waals surface area (Å²) in [7, 11) is 1.47. The lowest BCUT2D eigenvalue weighted by Crippen LogP contribution is -2.46. The van der Waals surface area contributed by atoms with Crippen molar-refractivity contribution in [3.05, 3.63) is 0 Å². The Morgan fingerprint density at radius 1 is 1.25 bits per heavy atom. The van der Waals surface area contributed by atoms with E-state index in [1.807, 2.05) is 0 Å². The number of nitrogens with zero attached hydrogens (tertiary/aromatic N) is 1. The molecule has 0 aromatic heterocycles. The van der Waals surface area contributed by atoms with Crippen molar-refractivity contribution in [2.75, 3.05) is 26.7 Å². The maximum Gasteiger partial charge on any atom is 0.319 e. The largest absolute Gasteiger partial charge is 0.468 e. The number of esters is 1. The van der Waals surface area contributed by atoms with E-state index in [4.69, 9.17) is 4.74 Å². The molecule has 5 heteroatoms. The van der Waals surface area contributed by atoms with Gasteiger partial charge in [-0.25, -0.2) is 0 Å². The van der Waals surface area contributed by atoms with Gasteiger partial charge in [0, 0.05) is 12.1 Å². The fraction of sp³-hybridized carbons (Fsp3) is 0.909. The summed E-state index contributed by atoms with van der Waals surface area (Å²) in [5.41, 5.74) is 0. The van der Waals surface area contributed by atoms with Crippen LogP contribution in [0.4, 0.5) is 0 Å². The molecule has 0 bridgehead atoms. The third-order valence-electron chi connectivity index (χ3n) is 3.33. The molecule has 1 saturated carbocycles. The number of nitrogens with one attached hydrogen (secondary N) is 1. The molecule has 1 aliphatic carbocycles. The first-order valence-electron chi connectivity index (χ1n) is 5.84. The maximum absolute atomic E-state index is 11.3. The molecule has 0 amide bonds. The van der Waals surface area contributed by atoms with Crippen molar-refractivity contribution in [3.63, 3.8) is 0 Å². The van der Waals surface area contributed by atoms with Gasteiger partial charge in [0.15, 0.2) is 0 Å². The highest BCUT2D eigenvalue weighted by atomic mass is 35.5. The minimum atomic E-state index is -0.0968. The van der Waals surface area contributed by atoms with Crippen molar-refractivity contribution in [1.29, 1.82) is 0 Å². The molecule has 16 heavy (non-hydrogen) atoms. The van der Waals surface area contributed by atoms with Gasteiger partial charge in [0.1, 0.15) is 0 Å². The smallest absolute Gasteiger partial charge is 0.319 e. The number of hydrogen-bond donors (Lipinski definition) is 1. The predicted molar refractivity (Wildman–Crippen MR) is 64.9 cm³/mol. The summed E-state index contributed by atoms with van der Waals surface area (Å²) in [6.07, 6.45) is 4.82. The minimum absolute atomic E-state index is 0. The highest BCUT2D eigenvalue weighted by molar-refractivity contribution is 5.85. The number of halogens is 1. The van der Waals surface area contributed by atoms with Gasteiger partial charge in [-0.1, -0.05) is 0 Å². The molecule has 1 heterocycles. The first-order valence-corrected chi connectivity index (χ1v) is 5.84. The van der Waals surface area contributed by atoms with Crippen LogP contribution in [-0.4, -0.2) is 49.7 Å². The van der Waals surface area contributed by atoms with Gasteiger partial charge in [0.2, 0.25) is 0 Å². The van der Waals surface area contributed by atoms with E-state index in [0.717, 1.165) is 25.9 Å². The third kappa shape index (κ3) is 3.61. The average molecular weight is 249 g/mol. The lowest BCUT2D eigenvalue weighted by molar-refractivity contribution is -0.142. The Kier molecular flexibility index (Phi) is 5.52. The summed E-state index contributed by atoms with van der Waals surface area (Å²) >= 11 is 0. The van der Waals surface area contributed by atoms with Gasteiger partial charge in [0.05, 0.1) is 13.7 Å². The first kappa shape index (κ1) is 13.7. The molecule has 2 fully saturated rings. The molecule has 1 N–H and O–H groups in total. The lowest BCUT2D eigenvalue weighted by Gasteiger charge is -2.33. The molecule has 0 radical (unpaired) electrons. The standard InChI is InChI=1S/C11H20N2O2.ClH/c1-15-11(14)8-13(9-2-3-9)10-4-6-12-7-5-10;/h9-10,12H,2-8H2,1H3;1H. The van der Waals surface area contributed by atoms with Gasteiger partial charge < -0.3 is 10.1 Å². The summed E-state index contributed by atoms with van der Waals surface area (Å²) in [6, 6.07) is 1.23. The SMILES string of the molecule is COC(=O)CN(C1CCNCC1)C1CC1.Cl. The molecule has 2 aliphatic rings. The number of ether oxygens (including phenoxy) is 1. The first-order chi connectivity index (χ1) is 7.31. The highest BCUT2D eigenvalue weighted by Crippen LogP contribution is 2.30. The van der Waals surface area contributed by atoms with Gasteiger partial charge >= 0.3 is 5.97 Å². The topological polar surface area (TPSA) is 41.6 Å². The molecule has 0 aromatic rings. The van der Waals surface area contributed by atoms with Crippen LogP contribution in [-0.2, 0) is 9.53 Å². The van der Waals surface area contributed by atoms with Crippen LogP contribution in [0.25, 0.3) is 0 Å². The molecule has 0 atom stereocenters. The highest BCUT2D eigenvalue weighted by Gasteiger charge is 2.35. The second-order valence-electron chi connectivity index (χ2n) is 4.46. The Balaban J connectivity index is 0.00000128. The van der Waals surface area contributed by atoms with E-state index < -0.39 is 0 Å². The Labute approximate surface area is 103 Å². The molecule has 94 valence electrons. The molecule has 4 nitrogen and oxygen atoms in total. The van der Waals surface area contributed by atoms with E-state index in [9.17, 15) is 4.79 Å². The normalized spacial score (nSPS) is 21.6. The van der Waals surface area contributed by atoms with E-state index in [2.05, 4.69) is 10.2 Å². The maximum atomic E-state index is 11.3. The number of hydrogen-bond acceptors (Lipinski definition) is 4. The van der Waals surface area contributed by atoms with Crippen LogP contribution in [0, 0.1) is 0 Å². The minimum Gasteiger partial charge on any atom is -0.468 e. The lowest BCUT2D eigenvalue weighted by atomic mass is 10.0. The molecule has 1 saturated heterocycles. The van der Waals surface area contributed by atoms with Crippen LogP contribution in [0.2, 0.25) is 0 Å². The van der Waals surface area contributed by atoms with Crippen molar-refractivity contribution in [3.8, 4) is 0 Å². The van der Waals surface area contributed by atoms with Crippen LogP contribution in [0.1, 0.15) is 25.7 Å². The summed E-state index contributed by atoms with van der Waals surface area (Å²) < 4.78 is 4.75. The Morgan fingerprint density at radius 3 is 2.31 bits per heavy atom. The number of rotatable bonds is 4. The molecule has 0 unspecified atom stereocenters. The Morgan fingerprint density at radius 2 is 1.81 bits per heavy atom. The van der Waals surface area contributed by atoms with Crippen molar-refractivity contribution in [1.82, 2.24) is 10.2 Å². The van der Waals surface area contributed by atoms with E-state index in [-0.39, 0.29) is 18.4 Å². The zero-order valence-electron chi connectivity index (χ0n) is 9.78. The van der Waals surface area contributed by atoms with Crippen molar-refractivity contribution < 1.29 is 9.53 Å². The van der Waals surface area contributed by atoms with Gasteiger partial charge in [-0.15, -0.1) is 12.4 Å². The number of carbonyl (C=O) groups excluding carboxylic acids is 1. The monoisotopic (exact) mass is 248 g/mol. The van der Waals surface area contributed by atoms with Gasteiger partial charge in [-0.05, 0) is 38.8 Å². The zero-order valence-corrected chi connectivity index (χ0v) is 10.6. The van der Waals surface area contributed by atoms with Crippen LogP contribution in [0.15, 0.2) is 0 Å². The fourth-order valence-corrected chi connectivity index (χ4v) is 2.31. The quantitative estimate of drug-likeness (QED) is 0.748. The summed E-state index contributed by atoms with van der Waals surface area (Å²) in [5.74, 6) is -0.0968. The van der Waals surface area contributed by atoms with E-state index in [0.29, 0.717) is 18.6 Å². The summed E-state index contributed by atoms with van der Waals surface area (Å²) in [5, 5.41) is 3.35. The molecule has 0 spiro atoms. The fourth-order valence-electron chi connectivity index (χ4n) is 2.31. The summed E-state index contributed by atoms with van der Waals surface area (Å²) in [4.78, 5) is 13.7. The number of piperidine rings is 1. The molecular formula is C11H21ClN2O2. The molecule has 0 aromatic carbocycles. The van der Waals surface area contributed by atoms with Crippen molar-refractivity contribution in [2.45, 2.75) is 37.8 Å². The second kappa shape index (κ2) is 6.42. The van der Waals surface area contributed by atoms with Crippen molar-refractivity contribution >= 4 is 18.4 Å². The third-order valence-corrected chi connectivity index (χ3v) is 3.33. The average Bonchev–Trinajstić information content (AvgIpc) is 3.10. The number of methoxy groups -OCH3 is 1. The van der Waals surface area contributed by atoms with Crippen LogP contribution < -0.4 is 5.32 Å². The van der Waals surface area contributed by atoms with Crippen LogP contribution >= 0.6 is 12.4 Å².